The summed E-state index contributed by atoms with van der Waals surface area (Å²) in [5.74, 6) is -2.44. The molecule has 27 heavy (non-hydrogen) atoms. The Kier molecular flexibility index (Phi) is 9.16. The highest BCUT2D eigenvalue weighted by Gasteiger charge is 2.48. The molecule has 10 nitrogen and oxygen atoms in total. The summed E-state index contributed by atoms with van der Waals surface area (Å²) in [6, 6.07) is 0. The van der Waals surface area contributed by atoms with Gasteiger partial charge in [0.15, 0.2) is 12.2 Å². The molecule has 0 radical (unpaired) electrons. The molecular weight excluding hydrogens is 364 g/mol. The van der Waals surface area contributed by atoms with E-state index < -0.39 is 54.4 Å². The zero-order valence-corrected chi connectivity index (χ0v) is 16.1. The molecule has 1 unspecified atom stereocenters. The highest BCUT2D eigenvalue weighted by molar-refractivity contribution is 5.68. The molecule has 0 N–H and O–H groups in total. The van der Waals surface area contributed by atoms with E-state index in [1.807, 2.05) is 0 Å². The van der Waals surface area contributed by atoms with Crippen molar-refractivity contribution in [1.29, 1.82) is 0 Å². The minimum absolute atomic E-state index is 0.168. The lowest BCUT2D eigenvalue weighted by molar-refractivity contribution is -0.236. The summed E-state index contributed by atoms with van der Waals surface area (Å²) in [5, 5.41) is 0. The zero-order chi connectivity index (χ0) is 20.6. The fourth-order valence-electron chi connectivity index (χ4n) is 2.82. The maximum atomic E-state index is 11.6. The second kappa shape index (κ2) is 10.8. The third-order valence-corrected chi connectivity index (χ3v) is 3.64. The Morgan fingerprint density at radius 2 is 1.59 bits per heavy atom. The van der Waals surface area contributed by atoms with E-state index in [-0.39, 0.29) is 19.6 Å². The van der Waals surface area contributed by atoms with E-state index in [4.69, 9.17) is 28.4 Å². The van der Waals surface area contributed by atoms with Gasteiger partial charge in [-0.1, -0.05) is 0 Å². The van der Waals surface area contributed by atoms with Gasteiger partial charge in [-0.3, -0.25) is 19.2 Å². The topological polar surface area (TPSA) is 124 Å². The van der Waals surface area contributed by atoms with Crippen molar-refractivity contribution in [3.05, 3.63) is 0 Å². The van der Waals surface area contributed by atoms with E-state index in [1.54, 1.807) is 0 Å². The number of ether oxygens (including phenoxy) is 6. The average Bonchev–Trinajstić information content (AvgIpc) is 2.52. The lowest BCUT2D eigenvalue weighted by Gasteiger charge is -2.42. The molecule has 5 atom stereocenters. The molecule has 1 heterocycles. The molecule has 0 amide bonds. The Balaban J connectivity index is 3.18. The van der Waals surface area contributed by atoms with Crippen LogP contribution in [-0.2, 0) is 47.6 Å². The Bertz CT molecular complexity index is 546. The van der Waals surface area contributed by atoms with Crippen LogP contribution in [0.4, 0.5) is 0 Å². The molecule has 1 rings (SSSR count). The normalized spacial score (nSPS) is 25.8. The molecule has 0 aromatic rings. The molecule has 1 aliphatic heterocycles. The SMILES string of the molecule is COCC1C[C@@H](OC(C)=O)[C@@H](OC(C)=O)[C@@H]([C@@H](COC(C)=O)OC(C)=O)O1. The van der Waals surface area contributed by atoms with Crippen LogP contribution in [0.3, 0.4) is 0 Å². The molecule has 0 bridgehead atoms. The van der Waals surface area contributed by atoms with Crippen LogP contribution in [-0.4, -0.2) is 74.7 Å². The molecule has 1 fully saturated rings. The minimum Gasteiger partial charge on any atom is -0.462 e. The Morgan fingerprint density at radius 3 is 2.07 bits per heavy atom. The Labute approximate surface area is 157 Å². The van der Waals surface area contributed by atoms with Crippen molar-refractivity contribution in [3.8, 4) is 0 Å². The number of methoxy groups -OCH3 is 1. The Morgan fingerprint density at radius 1 is 0.963 bits per heavy atom. The van der Waals surface area contributed by atoms with Crippen molar-refractivity contribution in [2.24, 2.45) is 0 Å². The molecule has 0 saturated carbocycles. The highest BCUT2D eigenvalue weighted by Crippen LogP contribution is 2.29. The fraction of sp³-hybridized carbons (Fsp3) is 0.765. The minimum atomic E-state index is -1.08. The van der Waals surface area contributed by atoms with Crippen LogP contribution in [0.2, 0.25) is 0 Å². The number of esters is 4. The smallest absolute Gasteiger partial charge is 0.303 e. The first-order valence-corrected chi connectivity index (χ1v) is 8.43. The van der Waals surface area contributed by atoms with Gasteiger partial charge in [0.2, 0.25) is 0 Å². The standard InChI is InChI=1S/C17H26O10/c1-9(18)23-8-15(25-11(3)20)17-16(26-12(4)21)14(24-10(2)19)6-13(27-17)7-22-5/h13-17H,6-8H2,1-5H3/t13?,14-,15-,16-,17-/m1/s1. The van der Waals surface area contributed by atoms with Crippen molar-refractivity contribution < 1.29 is 47.6 Å². The molecule has 0 aromatic heterocycles. The fourth-order valence-corrected chi connectivity index (χ4v) is 2.82. The van der Waals surface area contributed by atoms with Crippen LogP contribution < -0.4 is 0 Å². The molecule has 154 valence electrons. The van der Waals surface area contributed by atoms with E-state index in [0.717, 1.165) is 0 Å². The van der Waals surface area contributed by atoms with Crippen LogP contribution in [0.1, 0.15) is 34.1 Å². The summed E-state index contributed by atoms with van der Waals surface area (Å²) in [5.41, 5.74) is 0. The monoisotopic (exact) mass is 390 g/mol. The maximum absolute atomic E-state index is 11.6. The number of hydrogen-bond donors (Lipinski definition) is 0. The second-order valence-electron chi connectivity index (χ2n) is 6.09. The highest BCUT2D eigenvalue weighted by atomic mass is 16.6. The first kappa shape index (κ1) is 22.8. The van der Waals surface area contributed by atoms with Gasteiger partial charge >= 0.3 is 23.9 Å². The zero-order valence-electron chi connectivity index (χ0n) is 16.1. The van der Waals surface area contributed by atoms with Crippen molar-refractivity contribution in [2.75, 3.05) is 20.3 Å². The van der Waals surface area contributed by atoms with Crippen molar-refractivity contribution in [2.45, 2.75) is 64.6 Å². The molecule has 1 saturated heterocycles. The number of carbonyl (C=O) groups excluding carboxylic acids is 4. The lowest BCUT2D eigenvalue weighted by Crippen LogP contribution is -2.58. The van der Waals surface area contributed by atoms with Crippen LogP contribution in [0.25, 0.3) is 0 Å². The summed E-state index contributed by atoms with van der Waals surface area (Å²) >= 11 is 0. The second-order valence-corrected chi connectivity index (χ2v) is 6.09. The molecule has 0 aliphatic carbocycles. The van der Waals surface area contributed by atoms with Crippen LogP contribution in [0.5, 0.6) is 0 Å². The molecular formula is C17H26O10. The molecule has 10 heteroatoms. The molecule has 0 aromatic carbocycles. The van der Waals surface area contributed by atoms with E-state index in [0.29, 0.717) is 0 Å². The lowest BCUT2D eigenvalue weighted by atomic mass is 9.94. The summed E-state index contributed by atoms with van der Waals surface area (Å²) in [4.78, 5) is 45.7. The first-order valence-electron chi connectivity index (χ1n) is 8.43. The van der Waals surface area contributed by atoms with E-state index in [9.17, 15) is 19.2 Å². The van der Waals surface area contributed by atoms with E-state index >= 15 is 0 Å². The van der Waals surface area contributed by atoms with Gasteiger partial charge in [-0.15, -0.1) is 0 Å². The molecule has 0 spiro atoms. The third kappa shape index (κ3) is 7.92. The summed E-state index contributed by atoms with van der Waals surface area (Å²) in [6.45, 7) is 4.65. The summed E-state index contributed by atoms with van der Waals surface area (Å²) in [6.07, 6.45) is -4.32. The largest absolute Gasteiger partial charge is 0.462 e. The van der Waals surface area contributed by atoms with E-state index in [2.05, 4.69) is 0 Å². The van der Waals surface area contributed by atoms with Gasteiger partial charge in [0, 0.05) is 41.2 Å². The van der Waals surface area contributed by atoms with Crippen LogP contribution in [0.15, 0.2) is 0 Å². The average molecular weight is 390 g/mol. The molecule has 1 aliphatic rings. The van der Waals surface area contributed by atoms with Gasteiger partial charge < -0.3 is 28.4 Å². The maximum Gasteiger partial charge on any atom is 0.303 e. The van der Waals surface area contributed by atoms with Gasteiger partial charge in [0.05, 0.1) is 12.7 Å². The summed E-state index contributed by atoms with van der Waals surface area (Å²) in [7, 11) is 1.47. The van der Waals surface area contributed by atoms with Gasteiger partial charge in [0.1, 0.15) is 18.8 Å². The Hall–Kier alpha value is -2.20. The van der Waals surface area contributed by atoms with Crippen molar-refractivity contribution >= 4 is 23.9 Å². The summed E-state index contributed by atoms with van der Waals surface area (Å²) < 4.78 is 31.7. The van der Waals surface area contributed by atoms with Gasteiger partial charge in [-0.25, -0.2) is 0 Å². The van der Waals surface area contributed by atoms with Gasteiger partial charge in [0.25, 0.3) is 0 Å². The van der Waals surface area contributed by atoms with Gasteiger partial charge in [-0.05, 0) is 0 Å². The van der Waals surface area contributed by atoms with Crippen LogP contribution >= 0.6 is 0 Å². The van der Waals surface area contributed by atoms with Crippen molar-refractivity contribution in [1.82, 2.24) is 0 Å². The third-order valence-electron chi connectivity index (χ3n) is 3.64. The predicted molar refractivity (Wildman–Crippen MR) is 88.4 cm³/mol. The van der Waals surface area contributed by atoms with Crippen LogP contribution in [0, 0.1) is 0 Å². The van der Waals surface area contributed by atoms with Gasteiger partial charge in [-0.2, -0.15) is 0 Å². The predicted octanol–water partition coefficient (Wildman–Crippen LogP) is 0.149. The first-order chi connectivity index (χ1) is 12.6. The number of hydrogen-bond acceptors (Lipinski definition) is 10. The van der Waals surface area contributed by atoms with Crippen molar-refractivity contribution in [3.63, 3.8) is 0 Å². The number of rotatable bonds is 8. The number of carbonyl (C=O) groups is 4. The van der Waals surface area contributed by atoms with E-state index in [1.165, 1.54) is 34.8 Å². The quantitative estimate of drug-likeness (QED) is 0.418.